The van der Waals surface area contributed by atoms with Crippen LogP contribution in [0.5, 0.6) is 5.75 Å². The predicted octanol–water partition coefficient (Wildman–Crippen LogP) is 4.27. The number of carbonyl (C=O) groups is 1. The van der Waals surface area contributed by atoms with Crippen LogP contribution in [-0.2, 0) is 11.2 Å². The zero-order valence-electron chi connectivity index (χ0n) is 19.4. The van der Waals surface area contributed by atoms with Crippen molar-refractivity contribution in [2.45, 2.75) is 44.6 Å². The summed E-state index contributed by atoms with van der Waals surface area (Å²) in [7, 11) is 3.80. The first-order valence-corrected chi connectivity index (χ1v) is 11.6. The van der Waals surface area contributed by atoms with Gasteiger partial charge in [-0.3, -0.25) is 4.79 Å². The summed E-state index contributed by atoms with van der Waals surface area (Å²) in [5, 5.41) is 3.14. The number of rotatable bonds is 6. The molecule has 32 heavy (non-hydrogen) atoms. The molecule has 1 aliphatic carbocycles. The minimum absolute atomic E-state index is 0.0137. The molecule has 172 valence electrons. The highest BCUT2D eigenvalue weighted by Crippen LogP contribution is 2.36. The van der Waals surface area contributed by atoms with Gasteiger partial charge in [0.25, 0.3) is 0 Å². The number of aryl methyl sites for hydroxylation is 1. The number of halogens is 1. The smallest absolute Gasteiger partial charge is 0.221 e. The van der Waals surface area contributed by atoms with E-state index in [0.717, 1.165) is 62.4 Å². The maximum atomic E-state index is 14.1. The molecule has 1 fully saturated rings. The normalized spacial score (nSPS) is 19.9. The lowest BCUT2D eigenvalue weighted by molar-refractivity contribution is -0.122. The highest BCUT2D eigenvalue weighted by molar-refractivity contribution is 5.78. The number of piperazine rings is 1. The van der Waals surface area contributed by atoms with Gasteiger partial charge >= 0.3 is 0 Å². The molecule has 4 rings (SSSR count). The number of anilines is 1. The molecular weight excluding hydrogens is 405 g/mol. The number of carbonyl (C=O) groups excluding carboxylic acids is 1. The summed E-state index contributed by atoms with van der Waals surface area (Å²) >= 11 is 0. The van der Waals surface area contributed by atoms with Crippen molar-refractivity contribution in [3.63, 3.8) is 0 Å². The number of likely N-dealkylation sites (N-methyl/N-ethyl adjacent to an activating group) is 1. The summed E-state index contributed by atoms with van der Waals surface area (Å²) in [4.78, 5) is 17.6. The number of benzene rings is 2. The van der Waals surface area contributed by atoms with Crippen molar-refractivity contribution in [2.24, 2.45) is 0 Å². The molecule has 2 aliphatic rings. The maximum Gasteiger partial charge on any atom is 0.221 e. The zero-order chi connectivity index (χ0) is 22.7. The van der Waals surface area contributed by atoms with Crippen LogP contribution in [0.2, 0.25) is 0 Å². The van der Waals surface area contributed by atoms with Gasteiger partial charge in [-0.05, 0) is 80.6 Å². The molecule has 1 aliphatic heterocycles. The summed E-state index contributed by atoms with van der Waals surface area (Å²) in [6.45, 7) is 5.70. The molecular formula is C26H34FN3O2. The van der Waals surface area contributed by atoms with Crippen molar-refractivity contribution >= 4 is 11.6 Å². The van der Waals surface area contributed by atoms with Crippen LogP contribution in [0.1, 0.15) is 54.8 Å². The summed E-state index contributed by atoms with van der Waals surface area (Å²) in [6, 6.07) is 10.9. The van der Waals surface area contributed by atoms with Crippen LogP contribution in [0.3, 0.4) is 0 Å². The molecule has 2 atom stereocenters. The lowest BCUT2D eigenvalue weighted by Gasteiger charge is -2.36. The first-order chi connectivity index (χ1) is 15.4. The third kappa shape index (κ3) is 5.07. The van der Waals surface area contributed by atoms with E-state index in [2.05, 4.69) is 34.3 Å². The highest BCUT2D eigenvalue weighted by atomic mass is 19.1. The molecule has 0 radical (unpaired) electrons. The van der Waals surface area contributed by atoms with Crippen molar-refractivity contribution in [3.05, 3.63) is 58.9 Å². The highest BCUT2D eigenvalue weighted by Gasteiger charge is 2.25. The average molecular weight is 440 g/mol. The van der Waals surface area contributed by atoms with Crippen molar-refractivity contribution in [3.8, 4) is 5.75 Å². The van der Waals surface area contributed by atoms with Gasteiger partial charge in [0.05, 0.1) is 13.2 Å². The fourth-order valence-electron chi connectivity index (χ4n) is 5.04. The Kier molecular flexibility index (Phi) is 6.99. The predicted molar refractivity (Wildman–Crippen MR) is 126 cm³/mol. The van der Waals surface area contributed by atoms with Crippen LogP contribution in [0, 0.1) is 5.82 Å². The third-order valence-corrected chi connectivity index (χ3v) is 6.90. The Bertz CT molecular complexity index is 956. The van der Waals surface area contributed by atoms with E-state index >= 15 is 0 Å². The van der Waals surface area contributed by atoms with Crippen LogP contribution >= 0.6 is 0 Å². The first-order valence-electron chi connectivity index (χ1n) is 11.6. The minimum atomic E-state index is -0.269. The Morgan fingerprint density at radius 3 is 2.72 bits per heavy atom. The van der Waals surface area contributed by atoms with E-state index in [-0.39, 0.29) is 23.7 Å². The number of nitrogens with one attached hydrogen (secondary N) is 1. The van der Waals surface area contributed by atoms with Gasteiger partial charge in [-0.2, -0.15) is 0 Å². The monoisotopic (exact) mass is 439 g/mol. The second-order valence-electron chi connectivity index (χ2n) is 9.14. The van der Waals surface area contributed by atoms with Gasteiger partial charge < -0.3 is 19.9 Å². The van der Waals surface area contributed by atoms with Gasteiger partial charge in [0.15, 0.2) is 0 Å². The molecule has 0 aromatic heterocycles. The largest absolute Gasteiger partial charge is 0.497 e. The Morgan fingerprint density at radius 1 is 1.19 bits per heavy atom. The van der Waals surface area contributed by atoms with Gasteiger partial charge in [-0.15, -0.1) is 0 Å². The second-order valence-corrected chi connectivity index (χ2v) is 9.14. The zero-order valence-corrected chi connectivity index (χ0v) is 19.4. The summed E-state index contributed by atoms with van der Waals surface area (Å²) in [5.41, 5.74) is 4.40. The van der Waals surface area contributed by atoms with Crippen molar-refractivity contribution < 1.29 is 13.9 Å². The molecule has 2 aromatic carbocycles. The SMILES string of the molecule is COc1ccc2c(c1)CCCC2CC(=O)NC(C)c1cc(F)ccc1N1CCN(C)CC1. The van der Waals surface area contributed by atoms with Gasteiger partial charge in [0.1, 0.15) is 11.6 Å². The van der Waals surface area contributed by atoms with E-state index in [9.17, 15) is 9.18 Å². The molecule has 1 N–H and O–H groups in total. The molecule has 1 saturated heterocycles. The number of nitrogens with zero attached hydrogens (tertiary/aromatic N) is 2. The van der Waals surface area contributed by atoms with E-state index in [4.69, 9.17) is 4.74 Å². The molecule has 0 spiro atoms. The molecule has 2 aromatic rings. The summed E-state index contributed by atoms with van der Waals surface area (Å²) < 4.78 is 19.5. The Labute approximate surface area is 190 Å². The number of amides is 1. The molecule has 5 nitrogen and oxygen atoms in total. The van der Waals surface area contributed by atoms with Crippen molar-refractivity contribution in [1.82, 2.24) is 10.2 Å². The van der Waals surface area contributed by atoms with Crippen LogP contribution in [-0.4, -0.2) is 51.1 Å². The van der Waals surface area contributed by atoms with E-state index in [1.54, 1.807) is 13.2 Å². The Hall–Kier alpha value is -2.60. The molecule has 1 heterocycles. The van der Waals surface area contributed by atoms with Crippen LogP contribution < -0.4 is 15.0 Å². The summed E-state index contributed by atoms with van der Waals surface area (Å²) in [6.07, 6.45) is 3.56. The lowest BCUT2D eigenvalue weighted by Crippen LogP contribution is -2.45. The van der Waals surface area contributed by atoms with Gasteiger partial charge in [-0.1, -0.05) is 6.07 Å². The van der Waals surface area contributed by atoms with Gasteiger partial charge in [-0.25, -0.2) is 4.39 Å². The van der Waals surface area contributed by atoms with Gasteiger partial charge in [0, 0.05) is 43.9 Å². The molecule has 6 heteroatoms. The number of ether oxygens (including phenoxy) is 1. The van der Waals surface area contributed by atoms with E-state index in [0.29, 0.717) is 6.42 Å². The van der Waals surface area contributed by atoms with Crippen molar-refractivity contribution in [2.75, 3.05) is 45.2 Å². The molecule has 2 unspecified atom stereocenters. The topological polar surface area (TPSA) is 44.8 Å². The van der Waals surface area contributed by atoms with Crippen LogP contribution in [0.4, 0.5) is 10.1 Å². The minimum Gasteiger partial charge on any atom is -0.497 e. The number of methoxy groups -OCH3 is 1. The fourth-order valence-corrected chi connectivity index (χ4v) is 5.04. The standard InChI is InChI=1S/C26H34FN3O2/c1-18(24-17-21(27)7-10-25(24)30-13-11-29(2)12-14-30)28-26(31)16-20-6-4-5-19-15-22(32-3)8-9-23(19)20/h7-10,15,17-18,20H,4-6,11-14,16H2,1-3H3,(H,28,31). The number of fused-ring (bicyclic) bond motifs is 1. The fraction of sp³-hybridized carbons (Fsp3) is 0.500. The number of hydrogen-bond donors (Lipinski definition) is 1. The third-order valence-electron chi connectivity index (χ3n) is 6.90. The first kappa shape index (κ1) is 22.6. The molecule has 1 amide bonds. The second kappa shape index (κ2) is 9.90. The van der Waals surface area contributed by atoms with Crippen molar-refractivity contribution in [1.29, 1.82) is 0 Å². The van der Waals surface area contributed by atoms with Gasteiger partial charge in [0.2, 0.25) is 5.91 Å². The maximum absolute atomic E-state index is 14.1. The summed E-state index contributed by atoms with van der Waals surface area (Å²) in [5.74, 6) is 0.820. The Balaban J connectivity index is 1.45. The van der Waals surface area contributed by atoms with E-state index in [1.807, 2.05) is 19.1 Å². The van der Waals surface area contributed by atoms with Crippen LogP contribution in [0.25, 0.3) is 0 Å². The lowest BCUT2D eigenvalue weighted by atomic mass is 9.81. The van der Waals surface area contributed by atoms with E-state index < -0.39 is 0 Å². The number of hydrogen-bond acceptors (Lipinski definition) is 4. The van der Waals surface area contributed by atoms with E-state index in [1.165, 1.54) is 17.2 Å². The molecule has 0 saturated carbocycles. The average Bonchev–Trinajstić information content (AvgIpc) is 2.79. The Morgan fingerprint density at radius 2 is 1.97 bits per heavy atom. The molecule has 0 bridgehead atoms. The quantitative estimate of drug-likeness (QED) is 0.730. The van der Waals surface area contributed by atoms with Crippen LogP contribution in [0.15, 0.2) is 36.4 Å².